The van der Waals surface area contributed by atoms with Crippen molar-refractivity contribution in [2.24, 2.45) is 4.99 Å². The van der Waals surface area contributed by atoms with E-state index in [1.54, 1.807) is 51.2 Å². The van der Waals surface area contributed by atoms with Crippen LogP contribution >= 0.6 is 0 Å². The summed E-state index contributed by atoms with van der Waals surface area (Å²) in [4.78, 5) is 27.8. The van der Waals surface area contributed by atoms with Gasteiger partial charge < -0.3 is 25.0 Å². The van der Waals surface area contributed by atoms with Gasteiger partial charge in [-0.25, -0.2) is 9.98 Å². The zero-order valence-electron chi connectivity index (χ0n) is 18.6. The van der Waals surface area contributed by atoms with Crippen LogP contribution < -0.4 is 25.0 Å². The van der Waals surface area contributed by atoms with E-state index in [9.17, 15) is 4.79 Å². The predicted octanol–water partition coefficient (Wildman–Crippen LogP) is 4.16. The number of hydrogen-bond donors (Lipinski definition) is 2. The van der Waals surface area contributed by atoms with Gasteiger partial charge in [0.2, 0.25) is 5.95 Å². The predicted molar refractivity (Wildman–Crippen MR) is 129 cm³/mol. The van der Waals surface area contributed by atoms with Gasteiger partial charge in [0.15, 0.2) is 0 Å². The van der Waals surface area contributed by atoms with Gasteiger partial charge in [-0.05, 0) is 48.9 Å². The summed E-state index contributed by atoms with van der Waals surface area (Å²) in [5, 5.41) is 6.15. The zero-order valence-corrected chi connectivity index (χ0v) is 18.6. The van der Waals surface area contributed by atoms with Gasteiger partial charge in [-0.1, -0.05) is 6.07 Å². The van der Waals surface area contributed by atoms with Crippen LogP contribution in [0.2, 0.25) is 0 Å². The van der Waals surface area contributed by atoms with E-state index >= 15 is 0 Å². The molecule has 3 aromatic rings. The summed E-state index contributed by atoms with van der Waals surface area (Å²) in [6.07, 6.45) is 7.11. The Kier molecular flexibility index (Phi) is 6.49. The Hall–Kier alpha value is -4.40. The maximum absolute atomic E-state index is 12.8. The number of ether oxygens (including phenoxy) is 2. The van der Waals surface area contributed by atoms with Gasteiger partial charge in [-0.2, -0.15) is 4.98 Å². The van der Waals surface area contributed by atoms with Gasteiger partial charge in [0.25, 0.3) is 5.91 Å². The average molecular weight is 444 g/mol. The summed E-state index contributed by atoms with van der Waals surface area (Å²) >= 11 is 0. The van der Waals surface area contributed by atoms with Crippen molar-refractivity contribution in [3.8, 4) is 11.5 Å². The number of nitrogens with zero attached hydrogens (tertiary/aromatic N) is 4. The first-order chi connectivity index (χ1) is 16.1. The second kappa shape index (κ2) is 9.82. The molecule has 0 saturated carbocycles. The summed E-state index contributed by atoms with van der Waals surface area (Å²) < 4.78 is 10.5. The zero-order chi connectivity index (χ0) is 23.2. The van der Waals surface area contributed by atoms with Crippen LogP contribution in [0.15, 0.2) is 65.9 Å². The lowest BCUT2D eigenvalue weighted by Gasteiger charge is -2.19. The van der Waals surface area contributed by atoms with Crippen molar-refractivity contribution >= 4 is 35.4 Å². The molecule has 0 spiro atoms. The monoisotopic (exact) mass is 444 g/mol. The van der Waals surface area contributed by atoms with Crippen LogP contribution in [0.5, 0.6) is 11.5 Å². The van der Waals surface area contributed by atoms with E-state index in [-0.39, 0.29) is 5.91 Å². The third-order valence-electron chi connectivity index (χ3n) is 4.99. The van der Waals surface area contributed by atoms with Gasteiger partial charge in [0, 0.05) is 41.9 Å². The van der Waals surface area contributed by atoms with Crippen molar-refractivity contribution in [3.05, 3.63) is 72.1 Å². The van der Waals surface area contributed by atoms with E-state index in [0.29, 0.717) is 35.2 Å². The van der Waals surface area contributed by atoms with Gasteiger partial charge in [-0.3, -0.25) is 4.79 Å². The third kappa shape index (κ3) is 5.27. The minimum atomic E-state index is -0.280. The summed E-state index contributed by atoms with van der Waals surface area (Å²) in [5.74, 6) is 1.97. The summed E-state index contributed by atoms with van der Waals surface area (Å²) in [6.45, 7) is 2.66. The molecule has 1 aliphatic rings. The Bertz CT molecular complexity index is 1200. The first-order valence-corrected chi connectivity index (χ1v) is 10.3. The number of aliphatic imine (C=N–C) groups is 1. The average Bonchev–Trinajstić information content (AvgIpc) is 2.86. The Morgan fingerprint density at radius 1 is 1.06 bits per heavy atom. The highest BCUT2D eigenvalue weighted by Crippen LogP contribution is 2.26. The molecule has 2 N–H and O–H groups in total. The van der Waals surface area contributed by atoms with Gasteiger partial charge >= 0.3 is 0 Å². The molecule has 1 amide bonds. The molecular weight excluding hydrogens is 420 g/mol. The smallest absolute Gasteiger partial charge is 0.255 e. The molecule has 0 radical (unpaired) electrons. The number of aryl methyl sites for hydroxylation is 1. The molecule has 2 aromatic carbocycles. The summed E-state index contributed by atoms with van der Waals surface area (Å²) in [6, 6.07) is 12.4. The molecule has 168 valence electrons. The van der Waals surface area contributed by atoms with E-state index in [2.05, 4.69) is 25.6 Å². The molecule has 33 heavy (non-hydrogen) atoms. The van der Waals surface area contributed by atoms with E-state index in [1.807, 2.05) is 42.2 Å². The highest BCUT2D eigenvalue weighted by molar-refractivity contribution is 6.05. The summed E-state index contributed by atoms with van der Waals surface area (Å²) in [5.41, 5.74) is 2.81. The molecule has 0 atom stereocenters. The number of aromatic nitrogens is 2. The molecule has 9 heteroatoms. The maximum atomic E-state index is 12.8. The van der Waals surface area contributed by atoms with Crippen LogP contribution in [0.3, 0.4) is 0 Å². The molecular formula is C24H24N6O3. The lowest BCUT2D eigenvalue weighted by molar-refractivity contribution is 0.102. The molecule has 1 aromatic heterocycles. The van der Waals surface area contributed by atoms with Gasteiger partial charge in [0.05, 0.1) is 20.6 Å². The fourth-order valence-electron chi connectivity index (χ4n) is 3.21. The van der Waals surface area contributed by atoms with Crippen LogP contribution in [0.4, 0.5) is 23.1 Å². The van der Waals surface area contributed by atoms with E-state index in [0.717, 1.165) is 17.1 Å². The van der Waals surface area contributed by atoms with Crippen molar-refractivity contribution in [3.63, 3.8) is 0 Å². The van der Waals surface area contributed by atoms with Gasteiger partial charge in [0.1, 0.15) is 17.3 Å². The second-order valence-electron chi connectivity index (χ2n) is 7.25. The van der Waals surface area contributed by atoms with Crippen molar-refractivity contribution in [2.75, 3.05) is 36.3 Å². The molecule has 0 unspecified atom stereocenters. The Balaban J connectivity index is 1.52. The number of carbonyl (C=O) groups excluding carboxylic acids is 1. The number of carbonyl (C=O) groups is 1. The van der Waals surface area contributed by atoms with Crippen LogP contribution in [-0.4, -0.2) is 43.0 Å². The number of rotatable bonds is 7. The van der Waals surface area contributed by atoms with E-state index in [1.165, 1.54) is 0 Å². The molecule has 2 heterocycles. The number of benzene rings is 2. The van der Waals surface area contributed by atoms with Crippen LogP contribution in [0, 0.1) is 6.92 Å². The third-order valence-corrected chi connectivity index (χ3v) is 4.99. The van der Waals surface area contributed by atoms with Crippen LogP contribution in [-0.2, 0) is 0 Å². The maximum Gasteiger partial charge on any atom is 0.255 e. The Morgan fingerprint density at radius 2 is 1.85 bits per heavy atom. The van der Waals surface area contributed by atoms with Crippen molar-refractivity contribution in [1.29, 1.82) is 0 Å². The fraction of sp³-hybridized carbons (Fsp3) is 0.167. The van der Waals surface area contributed by atoms with Crippen molar-refractivity contribution in [1.82, 2.24) is 9.97 Å². The molecule has 0 aliphatic carbocycles. The molecule has 9 nitrogen and oxygen atoms in total. The first-order valence-electron chi connectivity index (χ1n) is 10.3. The van der Waals surface area contributed by atoms with E-state index < -0.39 is 0 Å². The first kappa shape index (κ1) is 21.8. The van der Waals surface area contributed by atoms with Crippen LogP contribution in [0.25, 0.3) is 0 Å². The normalized spacial score (nSPS) is 12.4. The SMILES string of the molecule is COc1cc(OC)cc(C(=O)Nc2ccc(C)c(Nc3nccc(N4C=NC=CC4)n3)c2)c1. The minimum absolute atomic E-state index is 0.280. The highest BCUT2D eigenvalue weighted by atomic mass is 16.5. The topological polar surface area (TPSA) is 101 Å². The number of methoxy groups -OCH3 is 2. The standard InChI is InChI=1S/C24H24N6O3/c1-16-5-6-18(27-23(31)17-11-19(32-2)14-20(12-17)33-3)13-21(16)28-24-26-9-7-22(29-24)30-10-4-8-25-15-30/h4-9,11-15H,10H2,1-3H3,(H,27,31)(H,26,28,29). The Labute approximate surface area is 191 Å². The number of anilines is 4. The van der Waals surface area contributed by atoms with Crippen LogP contribution in [0.1, 0.15) is 15.9 Å². The minimum Gasteiger partial charge on any atom is -0.497 e. The molecule has 1 aliphatic heterocycles. The fourth-order valence-corrected chi connectivity index (χ4v) is 3.21. The number of nitrogens with one attached hydrogen (secondary N) is 2. The lowest BCUT2D eigenvalue weighted by Crippen LogP contribution is -2.24. The Morgan fingerprint density at radius 3 is 2.55 bits per heavy atom. The quantitative estimate of drug-likeness (QED) is 0.564. The molecule has 0 saturated heterocycles. The highest BCUT2D eigenvalue weighted by Gasteiger charge is 2.12. The molecule has 4 rings (SSSR count). The number of hydrogen-bond acceptors (Lipinski definition) is 8. The molecule has 0 bridgehead atoms. The number of amides is 1. The lowest BCUT2D eigenvalue weighted by atomic mass is 10.1. The second-order valence-corrected chi connectivity index (χ2v) is 7.25. The van der Waals surface area contributed by atoms with Crippen molar-refractivity contribution in [2.45, 2.75) is 6.92 Å². The largest absolute Gasteiger partial charge is 0.497 e. The summed E-state index contributed by atoms with van der Waals surface area (Å²) in [7, 11) is 3.08. The molecule has 0 fully saturated rings. The van der Waals surface area contributed by atoms with Crippen molar-refractivity contribution < 1.29 is 14.3 Å². The van der Waals surface area contributed by atoms with E-state index in [4.69, 9.17) is 9.47 Å². The van der Waals surface area contributed by atoms with Gasteiger partial charge in [-0.15, -0.1) is 0 Å².